The van der Waals surface area contributed by atoms with Crippen molar-refractivity contribution in [3.8, 4) is 23.7 Å². The van der Waals surface area contributed by atoms with Crippen LogP contribution >= 0.6 is 0 Å². The van der Waals surface area contributed by atoms with Gasteiger partial charge in [-0.25, -0.2) is 0 Å². The van der Waals surface area contributed by atoms with E-state index in [0.29, 0.717) is 17.5 Å². The molecule has 6 nitrogen and oxygen atoms in total. The Morgan fingerprint density at radius 3 is 2.36 bits per heavy atom. The Kier molecular flexibility index (Phi) is 7.84. The minimum Gasteiger partial charge on any atom is -0.395 e. The van der Waals surface area contributed by atoms with Gasteiger partial charge in [0.15, 0.2) is 5.78 Å². The van der Waals surface area contributed by atoms with E-state index in [4.69, 9.17) is 15.9 Å². The summed E-state index contributed by atoms with van der Waals surface area (Å²) in [6, 6.07) is 5.47. The van der Waals surface area contributed by atoms with Gasteiger partial charge in [0.1, 0.15) is 12.6 Å². The van der Waals surface area contributed by atoms with Gasteiger partial charge in [0.25, 0.3) is 5.91 Å². The predicted octanol–water partition coefficient (Wildman–Crippen LogP) is -0.179. The number of hydrogen-bond donors (Lipinski definition) is 4. The third kappa shape index (κ3) is 6.78. The van der Waals surface area contributed by atoms with Crippen LogP contribution < -0.4 is 11.1 Å². The minimum absolute atomic E-state index is 0.00211. The summed E-state index contributed by atoms with van der Waals surface area (Å²) in [6.45, 7) is 2.50. The van der Waals surface area contributed by atoms with E-state index in [0.717, 1.165) is 0 Å². The van der Waals surface area contributed by atoms with Crippen LogP contribution in [0.1, 0.15) is 36.2 Å². The van der Waals surface area contributed by atoms with E-state index in [1.807, 2.05) is 0 Å². The molecule has 0 aliphatic carbocycles. The van der Waals surface area contributed by atoms with Crippen LogP contribution in [-0.2, 0) is 4.79 Å². The Labute approximate surface area is 147 Å². The highest BCUT2D eigenvalue weighted by atomic mass is 16.3. The summed E-state index contributed by atoms with van der Waals surface area (Å²) in [5.41, 5.74) is 5.92. The zero-order chi connectivity index (χ0) is 18.9. The molecular formula is C19H22N2O4. The summed E-state index contributed by atoms with van der Waals surface area (Å²) >= 11 is 0. The highest BCUT2D eigenvalue weighted by Gasteiger charge is 2.32. The van der Waals surface area contributed by atoms with Gasteiger partial charge in [-0.1, -0.05) is 11.8 Å². The van der Waals surface area contributed by atoms with Crippen LogP contribution in [0.15, 0.2) is 24.3 Å². The van der Waals surface area contributed by atoms with Crippen molar-refractivity contribution >= 4 is 11.7 Å². The molecular weight excluding hydrogens is 320 g/mol. The number of nitrogens with two attached hydrogens (primary N) is 1. The molecule has 132 valence electrons. The molecule has 0 aliphatic rings. The van der Waals surface area contributed by atoms with Gasteiger partial charge in [0.2, 0.25) is 0 Å². The van der Waals surface area contributed by atoms with Gasteiger partial charge in [-0.2, -0.15) is 0 Å². The Balaban J connectivity index is 2.83. The summed E-state index contributed by atoms with van der Waals surface area (Å²) in [5.74, 6) is 9.74. The predicted molar refractivity (Wildman–Crippen MR) is 94.4 cm³/mol. The van der Waals surface area contributed by atoms with Crippen molar-refractivity contribution in [2.75, 3.05) is 13.2 Å². The third-order valence-electron chi connectivity index (χ3n) is 3.24. The van der Waals surface area contributed by atoms with E-state index in [2.05, 4.69) is 29.0 Å². The minimum atomic E-state index is -1.01. The number of rotatable bonds is 6. The first kappa shape index (κ1) is 20.4. The lowest BCUT2D eigenvalue weighted by atomic mass is 9.92. The molecule has 0 heterocycles. The molecule has 0 aromatic heterocycles. The lowest BCUT2D eigenvalue weighted by molar-refractivity contribution is -0.124. The van der Waals surface area contributed by atoms with Crippen molar-refractivity contribution in [2.45, 2.75) is 31.8 Å². The zero-order valence-electron chi connectivity index (χ0n) is 14.3. The fraction of sp³-hybridized carbons (Fsp3) is 0.368. The van der Waals surface area contributed by atoms with Crippen LogP contribution in [0.3, 0.4) is 0 Å². The second kappa shape index (κ2) is 9.61. The number of Topliss-reactive ketones (excluding diaryl/α,β-unsaturated/α-hetero) is 1. The maximum Gasteiger partial charge on any atom is 0.251 e. The van der Waals surface area contributed by atoms with Crippen LogP contribution in [0.25, 0.3) is 0 Å². The quantitative estimate of drug-likeness (QED) is 0.536. The molecule has 1 rings (SSSR count). The van der Waals surface area contributed by atoms with E-state index >= 15 is 0 Å². The summed E-state index contributed by atoms with van der Waals surface area (Å²) in [4.78, 5) is 24.1. The summed E-state index contributed by atoms with van der Waals surface area (Å²) in [6.07, 6.45) is 0.374. The van der Waals surface area contributed by atoms with Crippen molar-refractivity contribution in [1.82, 2.24) is 5.32 Å². The first-order valence-corrected chi connectivity index (χ1v) is 7.72. The van der Waals surface area contributed by atoms with Gasteiger partial charge in [-0.15, -0.1) is 0 Å². The van der Waals surface area contributed by atoms with Crippen LogP contribution in [-0.4, -0.2) is 46.7 Å². The average molecular weight is 342 g/mol. The summed E-state index contributed by atoms with van der Waals surface area (Å²) in [5, 5.41) is 20.2. The highest BCUT2D eigenvalue weighted by molar-refractivity contribution is 5.98. The van der Waals surface area contributed by atoms with Gasteiger partial charge in [-0.05, 0) is 50.0 Å². The fourth-order valence-electron chi connectivity index (χ4n) is 1.96. The highest BCUT2D eigenvalue weighted by Crippen LogP contribution is 2.09. The van der Waals surface area contributed by atoms with Gasteiger partial charge in [-0.3, -0.25) is 9.59 Å². The first-order valence-electron chi connectivity index (χ1n) is 7.72. The molecule has 1 amide bonds. The molecule has 0 unspecified atom stereocenters. The number of benzene rings is 1. The van der Waals surface area contributed by atoms with Crippen molar-refractivity contribution in [3.05, 3.63) is 35.4 Å². The lowest BCUT2D eigenvalue weighted by Crippen LogP contribution is -2.59. The van der Waals surface area contributed by atoms with Crippen molar-refractivity contribution in [1.29, 1.82) is 0 Å². The molecule has 0 saturated carbocycles. The molecule has 5 N–H and O–H groups in total. The number of ketones is 1. The standard InChI is InChI=1S/C19H22N2O4/c1-19(2,20)17(16(24)13-23)21-18(25)15-10-8-14(9-11-15)7-5-3-4-6-12-22/h8-11,17,22-23H,6,12-13,20H2,1-2H3,(H,21,25)/t17-/m1/s1. The molecule has 0 fully saturated rings. The molecule has 6 heteroatoms. The maximum atomic E-state index is 12.3. The molecule has 0 saturated heterocycles. The SMILES string of the molecule is CC(C)(N)[C@H](NC(=O)c1ccc(C#CC#CCCO)cc1)C(=O)CO. The molecule has 1 aromatic carbocycles. The van der Waals surface area contributed by atoms with E-state index < -0.39 is 29.9 Å². The Morgan fingerprint density at radius 2 is 1.84 bits per heavy atom. The van der Waals surface area contributed by atoms with Crippen LogP contribution in [0, 0.1) is 23.7 Å². The van der Waals surface area contributed by atoms with E-state index in [1.54, 1.807) is 38.1 Å². The summed E-state index contributed by atoms with van der Waals surface area (Å²) in [7, 11) is 0. The fourth-order valence-corrected chi connectivity index (χ4v) is 1.96. The third-order valence-corrected chi connectivity index (χ3v) is 3.24. The summed E-state index contributed by atoms with van der Waals surface area (Å²) < 4.78 is 0. The largest absolute Gasteiger partial charge is 0.395 e. The monoisotopic (exact) mass is 342 g/mol. The van der Waals surface area contributed by atoms with Gasteiger partial charge < -0.3 is 21.3 Å². The Hall–Kier alpha value is -2.64. The molecule has 25 heavy (non-hydrogen) atoms. The van der Waals surface area contributed by atoms with E-state index in [-0.39, 0.29) is 6.61 Å². The van der Waals surface area contributed by atoms with Gasteiger partial charge in [0.05, 0.1) is 6.61 Å². The van der Waals surface area contributed by atoms with Crippen molar-refractivity contribution in [3.63, 3.8) is 0 Å². The molecule has 1 aromatic rings. The smallest absolute Gasteiger partial charge is 0.251 e. The molecule has 0 spiro atoms. The normalized spacial score (nSPS) is 11.4. The van der Waals surface area contributed by atoms with E-state index in [1.165, 1.54) is 0 Å². The molecule has 1 atom stereocenters. The lowest BCUT2D eigenvalue weighted by Gasteiger charge is -2.29. The number of aliphatic hydroxyl groups excluding tert-OH is 2. The zero-order valence-corrected chi connectivity index (χ0v) is 14.3. The molecule has 0 radical (unpaired) electrons. The Bertz CT molecular complexity index is 725. The van der Waals surface area contributed by atoms with Crippen LogP contribution in [0.2, 0.25) is 0 Å². The number of aliphatic hydroxyl groups is 2. The Morgan fingerprint density at radius 1 is 1.20 bits per heavy atom. The number of carbonyl (C=O) groups excluding carboxylic acids is 2. The maximum absolute atomic E-state index is 12.3. The average Bonchev–Trinajstić information content (AvgIpc) is 2.58. The van der Waals surface area contributed by atoms with Crippen molar-refractivity contribution < 1.29 is 19.8 Å². The first-order chi connectivity index (χ1) is 11.8. The number of nitrogens with one attached hydrogen (secondary N) is 1. The van der Waals surface area contributed by atoms with Crippen LogP contribution in [0.4, 0.5) is 0 Å². The van der Waals surface area contributed by atoms with Crippen molar-refractivity contribution in [2.24, 2.45) is 5.73 Å². The second-order valence-electron chi connectivity index (χ2n) is 5.96. The number of amides is 1. The second-order valence-corrected chi connectivity index (χ2v) is 5.96. The van der Waals surface area contributed by atoms with Gasteiger partial charge >= 0.3 is 0 Å². The topological polar surface area (TPSA) is 113 Å². The number of hydrogen-bond acceptors (Lipinski definition) is 5. The molecule has 0 bridgehead atoms. The number of carbonyl (C=O) groups is 2. The molecule has 0 aliphatic heterocycles. The van der Waals surface area contributed by atoms with Gasteiger partial charge in [0, 0.05) is 23.1 Å². The van der Waals surface area contributed by atoms with E-state index in [9.17, 15) is 9.59 Å². The van der Waals surface area contributed by atoms with Crippen LogP contribution in [0.5, 0.6) is 0 Å².